The highest BCUT2D eigenvalue weighted by molar-refractivity contribution is 4.83. The van der Waals surface area contributed by atoms with E-state index in [2.05, 4.69) is 4.84 Å². The zero-order valence-electron chi connectivity index (χ0n) is 5.06. The minimum atomic E-state index is 0.0972. The first kappa shape index (κ1) is 6.92. The maximum atomic E-state index is 4.85. The van der Waals surface area contributed by atoms with E-state index in [4.69, 9.17) is 5.90 Å². The molecule has 43 valence electrons. The molecule has 0 aromatic carbocycles. The molecule has 0 fully saturated rings. The predicted molar refractivity (Wildman–Crippen MR) is 29.3 cm³/mol. The van der Waals surface area contributed by atoms with Gasteiger partial charge in [0.1, 0.15) is 0 Å². The van der Waals surface area contributed by atoms with Crippen LogP contribution in [0.25, 0.3) is 0 Å². The van der Waals surface area contributed by atoms with Gasteiger partial charge in [-0.25, -0.2) is 5.90 Å². The van der Waals surface area contributed by atoms with Crippen LogP contribution >= 0.6 is 0 Å². The molecule has 0 spiro atoms. The third-order valence-electron chi connectivity index (χ3n) is 1.02. The van der Waals surface area contributed by atoms with Crippen molar-refractivity contribution in [2.24, 2.45) is 5.90 Å². The maximum absolute atomic E-state index is 4.85. The molecule has 0 amide bonds. The molecule has 1 radical (unpaired) electrons. The van der Waals surface area contributed by atoms with Crippen LogP contribution in [0.5, 0.6) is 0 Å². The molecule has 0 bridgehead atoms. The summed E-state index contributed by atoms with van der Waals surface area (Å²) in [6.07, 6.45) is 0.0972. The van der Waals surface area contributed by atoms with E-state index in [1.165, 1.54) is 5.92 Å². The molecular formula is C5H12NO. The van der Waals surface area contributed by atoms with Crippen molar-refractivity contribution >= 4 is 0 Å². The van der Waals surface area contributed by atoms with E-state index in [-0.39, 0.29) is 6.10 Å². The quantitative estimate of drug-likeness (QED) is 0.525. The topological polar surface area (TPSA) is 35.2 Å². The fraction of sp³-hybridized carbons (Fsp3) is 0.800. The zero-order chi connectivity index (χ0) is 5.86. The smallest absolute Gasteiger partial charge is 0.0816 e. The highest BCUT2D eigenvalue weighted by Crippen LogP contribution is 2.03. The molecule has 0 saturated heterocycles. The van der Waals surface area contributed by atoms with Crippen LogP contribution in [0.3, 0.4) is 0 Å². The SMILES string of the molecule is C[C](C)C(C)ON. The molecule has 0 aliphatic carbocycles. The summed E-state index contributed by atoms with van der Waals surface area (Å²) in [7, 11) is 0. The Kier molecular flexibility index (Phi) is 2.96. The third-order valence-corrected chi connectivity index (χ3v) is 1.02. The van der Waals surface area contributed by atoms with Crippen molar-refractivity contribution in [2.75, 3.05) is 0 Å². The summed E-state index contributed by atoms with van der Waals surface area (Å²) >= 11 is 0. The van der Waals surface area contributed by atoms with Crippen molar-refractivity contribution < 1.29 is 4.84 Å². The van der Waals surface area contributed by atoms with E-state index in [1.54, 1.807) is 0 Å². The average molecular weight is 102 g/mol. The van der Waals surface area contributed by atoms with Crippen molar-refractivity contribution in [1.82, 2.24) is 0 Å². The Balaban J connectivity index is 3.14. The Hall–Kier alpha value is -0.0800. The number of hydrogen-bond acceptors (Lipinski definition) is 2. The van der Waals surface area contributed by atoms with Crippen LogP contribution in [0.4, 0.5) is 0 Å². The van der Waals surface area contributed by atoms with Crippen LogP contribution in [-0.4, -0.2) is 6.10 Å². The summed E-state index contributed by atoms with van der Waals surface area (Å²) in [5.41, 5.74) is 0. The van der Waals surface area contributed by atoms with Crippen molar-refractivity contribution in [2.45, 2.75) is 26.9 Å². The molecule has 0 rings (SSSR count). The second kappa shape index (κ2) is 2.99. The molecule has 0 aliphatic rings. The van der Waals surface area contributed by atoms with Gasteiger partial charge in [-0.15, -0.1) is 0 Å². The third kappa shape index (κ3) is 2.60. The van der Waals surface area contributed by atoms with E-state index in [0.717, 1.165) is 0 Å². The first-order valence-electron chi connectivity index (χ1n) is 2.34. The molecular weight excluding hydrogens is 90.1 g/mol. The Morgan fingerprint density at radius 3 is 2.00 bits per heavy atom. The molecule has 0 aromatic rings. The normalized spacial score (nSPS) is 15.0. The van der Waals surface area contributed by atoms with Gasteiger partial charge in [0.05, 0.1) is 6.10 Å². The molecule has 0 heterocycles. The molecule has 1 unspecified atom stereocenters. The minimum Gasteiger partial charge on any atom is -0.301 e. The lowest BCUT2D eigenvalue weighted by atomic mass is 10.1. The summed E-state index contributed by atoms with van der Waals surface area (Å²) in [6, 6.07) is 0. The van der Waals surface area contributed by atoms with E-state index < -0.39 is 0 Å². The Labute approximate surface area is 44.6 Å². The molecule has 0 aromatic heterocycles. The van der Waals surface area contributed by atoms with Crippen LogP contribution < -0.4 is 5.90 Å². The van der Waals surface area contributed by atoms with Gasteiger partial charge in [0, 0.05) is 5.92 Å². The summed E-state index contributed by atoms with van der Waals surface area (Å²) in [4.78, 5) is 4.47. The predicted octanol–water partition coefficient (Wildman–Crippen LogP) is 0.879. The summed E-state index contributed by atoms with van der Waals surface area (Å²) in [6.45, 7) is 5.88. The largest absolute Gasteiger partial charge is 0.301 e. The van der Waals surface area contributed by atoms with Crippen LogP contribution in [0, 0.1) is 5.92 Å². The van der Waals surface area contributed by atoms with Crippen molar-refractivity contribution in [1.29, 1.82) is 0 Å². The number of hydrogen-bond donors (Lipinski definition) is 1. The lowest BCUT2D eigenvalue weighted by Crippen LogP contribution is -2.17. The van der Waals surface area contributed by atoms with E-state index in [1.807, 2.05) is 20.8 Å². The molecule has 0 saturated carbocycles. The zero-order valence-corrected chi connectivity index (χ0v) is 5.06. The molecule has 2 nitrogen and oxygen atoms in total. The maximum Gasteiger partial charge on any atom is 0.0816 e. The van der Waals surface area contributed by atoms with Crippen LogP contribution in [0.2, 0.25) is 0 Å². The highest BCUT2D eigenvalue weighted by atomic mass is 16.6. The highest BCUT2D eigenvalue weighted by Gasteiger charge is 2.03. The standard InChI is InChI=1S/C5H12NO/c1-4(2)5(3)7-6/h5H,6H2,1-3H3. The van der Waals surface area contributed by atoms with Gasteiger partial charge >= 0.3 is 0 Å². The van der Waals surface area contributed by atoms with Gasteiger partial charge in [-0.05, 0) is 6.92 Å². The van der Waals surface area contributed by atoms with Gasteiger partial charge < -0.3 is 4.84 Å². The first-order chi connectivity index (χ1) is 3.18. The van der Waals surface area contributed by atoms with Gasteiger partial charge in [-0.1, -0.05) is 13.8 Å². The van der Waals surface area contributed by atoms with Gasteiger partial charge in [-0.2, -0.15) is 0 Å². The number of rotatable bonds is 2. The van der Waals surface area contributed by atoms with Crippen LogP contribution in [-0.2, 0) is 4.84 Å². The van der Waals surface area contributed by atoms with E-state index in [9.17, 15) is 0 Å². The summed E-state index contributed by atoms with van der Waals surface area (Å²) < 4.78 is 0. The van der Waals surface area contributed by atoms with Crippen molar-refractivity contribution in [3.8, 4) is 0 Å². The Bertz CT molecular complexity index is 45.3. The van der Waals surface area contributed by atoms with Crippen molar-refractivity contribution in [3.63, 3.8) is 0 Å². The van der Waals surface area contributed by atoms with Crippen LogP contribution in [0.15, 0.2) is 0 Å². The molecule has 2 N–H and O–H groups in total. The van der Waals surface area contributed by atoms with Gasteiger partial charge in [0.15, 0.2) is 0 Å². The van der Waals surface area contributed by atoms with Crippen LogP contribution in [0.1, 0.15) is 20.8 Å². The van der Waals surface area contributed by atoms with E-state index in [0.29, 0.717) is 0 Å². The van der Waals surface area contributed by atoms with E-state index >= 15 is 0 Å². The van der Waals surface area contributed by atoms with Gasteiger partial charge in [0.25, 0.3) is 0 Å². The number of nitrogens with two attached hydrogens (primary N) is 1. The lowest BCUT2D eigenvalue weighted by molar-refractivity contribution is 0.0772. The second-order valence-electron chi connectivity index (χ2n) is 1.86. The monoisotopic (exact) mass is 102 g/mol. The molecule has 0 aliphatic heterocycles. The average Bonchev–Trinajstić information content (AvgIpc) is 1.65. The fourth-order valence-corrected chi connectivity index (χ4v) is 0.136. The fourth-order valence-electron chi connectivity index (χ4n) is 0.136. The Morgan fingerprint density at radius 1 is 1.57 bits per heavy atom. The van der Waals surface area contributed by atoms with Gasteiger partial charge in [-0.3, -0.25) is 0 Å². The van der Waals surface area contributed by atoms with Gasteiger partial charge in [0.2, 0.25) is 0 Å². The minimum absolute atomic E-state index is 0.0972. The molecule has 2 heteroatoms. The summed E-state index contributed by atoms with van der Waals surface area (Å²) in [5.74, 6) is 6.05. The molecule has 7 heavy (non-hydrogen) atoms. The first-order valence-corrected chi connectivity index (χ1v) is 2.34. The van der Waals surface area contributed by atoms with Crippen molar-refractivity contribution in [3.05, 3.63) is 5.92 Å². The Morgan fingerprint density at radius 2 is 2.00 bits per heavy atom. The summed E-state index contributed by atoms with van der Waals surface area (Å²) in [5, 5.41) is 0. The molecule has 1 atom stereocenters. The second-order valence-corrected chi connectivity index (χ2v) is 1.86. The lowest BCUT2D eigenvalue weighted by Gasteiger charge is -2.09.